The predicted octanol–water partition coefficient (Wildman–Crippen LogP) is 4.34. The molecule has 1 saturated carbocycles. The molecule has 1 saturated heterocycles. The summed E-state index contributed by atoms with van der Waals surface area (Å²) >= 11 is 0. The summed E-state index contributed by atoms with van der Waals surface area (Å²) in [5.74, 6) is -1.20. The van der Waals surface area contributed by atoms with E-state index in [2.05, 4.69) is 24.1 Å². The Bertz CT molecular complexity index is 582. The molecule has 23 heavy (non-hydrogen) atoms. The third-order valence-corrected chi connectivity index (χ3v) is 4.86. The molecule has 0 unspecified atom stereocenters. The summed E-state index contributed by atoms with van der Waals surface area (Å²) in [6.45, 7) is 4.80. The molecular weight excluding hydrogens is 308 g/mol. The van der Waals surface area contributed by atoms with Crippen molar-refractivity contribution in [3.05, 3.63) is 29.6 Å². The van der Waals surface area contributed by atoms with Gasteiger partial charge in [-0.25, -0.2) is 4.39 Å². The van der Waals surface area contributed by atoms with Crippen LogP contribution in [0.4, 0.5) is 23.2 Å². The molecule has 1 heterocycles. The van der Waals surface area contributed by atoms with E-state index in [1.165, 1.54) is 6.07 Å². The molecule has 1 aromatic rings. The van der Waals surface area contributed by atoms with Gasteiger partial charge in [-0.3, -0.25) is 0 Å². The summed E-state index contributed by atoms with van der Waals surface area (Å²) in [6, 6.07) is 3.82. The van der Waals surface area contributed by atoms with Crippen LogP contribution in [0.2, 0.25) is 0 Å². The Kier molecular flexibility index (Phi) is 4.07. The van der Waals surface area contributed by atoms with Crippen LogP contribution in [-0.2, 0) is 6.18 Å². The number of nitrogens with one attached hydrogen (secondary N) is 1. The molecule has 6 heteroatoms. The smallest absolute Gasteiger partial charge is 0.365 e. The van der Waals surface area contributed by atoms with Crippen molar-refractivity contribution in [3.63, 3.8) is 0 Å². The van der Waals surface area contributed by atoms with Crippen LogP contribution in [0.3, 0.4) is 0 Å². The van der Waals surface area contributed by atoms with Crippen molar-refractivity contribution >= 4 is 5.69 Å². The number of nitrogens with zero attached hydrogens (tertiary/aromatic N) is 1. The molecule has 0 radical (unpaired) electrons. The summed E-state index contributed by atoms with van der Waals surface area (Å²) in [4.78, 5) is 2.09. The molecule has 2 nitrogen and oxygen atoms in total. The van der Waals surface area contributed by atoms with E-state index < -0.39 is 17.6 Å². The maximum atomic E-state index is 14.0. The van der Waals surface area contributed by atoms with Crippen LogP contribution in [0.15, 0.2) is 18.2 Å². The molecule has 128 valence electrons. The Morgan fingerprint density at radius 3 is 2.52 bits per heavy atom. The highest BCUT2D eigenvalue weighted by Crippen LogP contribution is 2.37. The van der Waals surface area contributed by atoms with Gasteiger partial charge in [0, 0.05) is 29.9 Å². The summed E-state index contributed by atoms with van der Waals surface area (Å²) < 4.78 is 52.2. The molecule has 2 atom stereocenters. The number of fused-ring (bicyclic) bond motifs is 1. The molecule has 0 aromatic heterocycles. The fourth-order valence-corrected chi connectivity index (χ4v) is 3.94. The van der Waals surface area contributed by atoms with Crippen molar-refractivity contribution in [2.45, 2.75) is 63.3 Å². The van der Waals surface area contributed by atoms with E-state index in [-0.39, 0.29) is 11.6 Å². The minimum atomic E-state index is -4.65. The lowest BCUT2D eigenvalue weighted by Gasteiger charge is -2.52. The lowest BCUT2D eigenvalue weighted by molar-refractivity contribution is -0.139. The minimum absolute atomic E-state index is 0.155. The zero-order valence-corrected chi connectivity index (χ0v) is 13.4. The summed E-state index contributed by atoms with van der Waals surface area (Å²) in [7, 11) is 0. The molecule has 2 fully saturated rings. The summed E-state index contributed by atoms with van der Waals surface area (Å²) in [5.41, 5.74) is -0.810. The van der Waals surface area contributed by atoms with E-state index in [1.54, 1.807) is 0 Å². The van der Waals surface area contributed by atoms with Crippen molar-refractivity contribution in [2.24, 2.45) is 0 Å². The van der Waals surface area contributed by atoms with Gasteiger partial charge in [0.05, 0.1) is 5.56 Å². The van der Waals surface area contributed by atoms with E-state index in [1.807, 2.05) is 0 Å². The largest absolute Gasteiger partial charge is 0.419 e. The minimum Gasteiger partial charge on any atom is -0.365 e. The first-order chi connectivity index (χ1) is 10.7. The van der Waals surface area contributed by atoms with Crippen molar-refractivity contribution < 1.29 is 17.6 Å². The molecule has 2 aliphatic rings. The van der Waals surface area contributed by atoms with Gasteiger partial charge in [-0.2, -0.15) is 13.2 Å². The monoisotopic (exact) mass is 330 g/mol. The van der Waals surface area contributed by atoms with Crippen molar-refractivity contribution in [3.8, 4) is 0 Å². The first-order valence-electron chi connectivity index (χ1n) is 8.08. The van der Waals surface area contributed by atoms with Crippen molar-refractivity contribution in [2.75, 3.05) is 11.4 Å². The van der Waals surface area contributed by atoms with Crippen LogP contribution in [0.1, 0.15) is 45.1 Å². The van der Waals surface area contributed by atoms with E-state index in [9.17, 15) is 17.6 Å². The average Bonchev–Trinajstić information content (AvgIpc) is 2.44. The van der Waals surface area contributed by atoms with Crippen LogP contribution in [-0.4, -0.2) is 24.2 Å². The topological polar surface area (TPSA) is 15.3 Å². The van der Waals surface area contributed by atoms with Crippen LogP contribution >= 0.6 is 0 Å². The molecule has 0 bridgehead atoms. The first-order valence-corrected chi connectivity index (χ1v) is 8.08. The van der Waals surface area contributed by atoms with Crippen LogP contribution in [0.25, 0.3) is 0 Å². The fourth-order valence-electron chi connectivity index (χ4n) is 3.94. The SMILES string of the molecule is CC1(C)CN(c2ccc(C(F)(F)F)c(F)c2)[C@H]2CCCC[C@@H]2N1. The predicted molar refractivity (Wildman–Crippen MR) is 82.0 cm³/mol. The van der Waals surface area contributed by atoms with Gasteiger partial charge in [0.2, 0.25) is 0 Å². The number of rotatable bonds is 1. The molecule has 0 spiro atoms. The van der Waals surface area contributed by atoms with E-state index in [0.29, 0.717) is 18.3 Å². The normalized spacial score (nSPS) is 27.7. The van der Waals surface area contributed by atoms with Gasteiger partial charge in [0.15, 0.2) is 0 Å². The average molecular weight is 330 g/mol. The van der Waals surface area contributed by atoms with E-state index in [4.69, 9.17) is 0 Å². The number of halogens is 4. The van der Waals surface area contributed by atoms with Gasteiger partial charge >= 0.3 is 6.18 Å². The quantitative estimate of drug-likeness (QED) is 0.771. The van der Waals surface area contributed by atoms with E-state index >= 15 is 0 Å². The van der Waals surface area contributed by atoms with Gasteiger partial charge < -0.3 is 10.2 Å². The highest BCUT2D eigenvalue weighted by atomic mass is 19.4. The van der Waals surface area contributed by atoms with Crippen LogP contribution < -0.4 is 10.2 Å². The van der Waals surface area contributed by atoms with Gasteiger partial charge in [0.25, 0.3) is 0 Å². The highest BCUT2D eigenvalue weighted by molar-refractivity contribution is 5.51. The molecule has 0 amide bonds. The Hall–Kier alpha value is -1.30. The Morgan fingerprint density at radius 2 is 1.87 bits per heavy atom. The Morgan fingerprint density at radius 1 is 1.17 bits per heavy atom. The lowest BCUT2D eigenvalue weighted by atomic mass is 9.83. The van der Waals surface area contributed by atoms with Crippen molar-refractivity contribution in [1.29, 1.82) is 0 Å². The second kappa shape index (κ2) is 5.65. The number of anilines is 1. The zero-order chi connectivity index (χ0) is 16.8. The van der Waals surface area contributed by atoms with E-state index in [0.717, 1.165) is 37.8 Å². The summed E-state index contributed by atoms with van der Waals surface area (Å²) in [5, 5.41) is 3.63. The van der Waals surface area contributed by atoms with Gasteiger partial charge in [-0.15, -0.1) is 0 Å². The summed E-state index contributed by atoms with van der Waals surface area (Å²) in [6.07, 6.45) is -0.370. The highest BCUT2D eigenvalue weighted by Gasteiger charge is 2.41. The first kappa shape index (κ1) is 16.6. The standard InChI is InChI=1S/C17H22F4N2/c1-16(2)10-23(15-6-4-3-5-14(15)22-16)11-7-8-12(13(18)9-11)17(19,20)21/h7-9,14-15,22H,3-6,10H2,1-2H3/t14-,15-/m0/s1. The third kappa shape index (κ3) is 3.32. The number of benzene rings is 1. The molecule has 1 aromatic carbocycles. The third-order valence-electron chi connectivity index (χ3n) is 4.86. The lowest BCUT2D eigenvalue weighted by Crippen LogP contribution is -2.67. The number of hydrogen-bond acceptors (Lipinski definition) is 2. The second-order valence-electron chi connectivity index (χ2n) is 7.28. The Labute approximate surface area is 133 Å². The maximum absolute atomic E-state index is 14.0. The van der Waals surface area contributed by atoms with Gasteiger partial charge in [-0.1, -0.05) is 12.8 Å². The van der Waals surface area contributed by atoms with Crippen molar-refractivity contribution in [1.82, 2.24) is 5.32 Å². The fraction of sp³-hybridized carbons (Fsp3) is 0.647. The molecule has 1 aliphatic heterocycles. The number of piperazine rings is 1. The van der Waals surface area contributed by atoms with Crippen LogP contribution in [0, 0.1) is 5.82 Å². The molecule has 3 rings (SSSR count). The second-order valence-corrected chi connectivity index (χ2v) is 7.28. The Balaban J connectivity index is 1.94. The van der Waals surface area contributed by atoms with Gasteiger partial charge in [0.1, 0.15) is 5.82 Å². The van der Waals surface area contributed by atoms with Gasteiger partial charge in [-0.05, 0) is 44.9 Å². The number of hydrogen-bond donors (Lipinski definition) is 1. The molecule has 1 aliphatic carbocycles. The molecular formula is C17H22F4N2. The maximum Gasteiger partial charge on any atom is 0.419 e. The zero-order valence-electron chi connectivity index (χ0n) is 13.4. The molecule has 1 N–H and O–H groups in total. The van der Waals surface area contributed by atoms with Crippen LogP contribution in [0.5, 0.6) is 0 Å². The number of alkyl halides is 3.